The summed E-state index contributed by atoms with van der Waals surface area (Å²) in [6.45, 7) is -0.430. The van der Waals surface area contributed by atoms with Gasteiger partial charge in [-0.3, -0.25) is 4.79 Å². The molecule has 1 amide bonds. The second kappa shape index (κ2) is 11.4. The molecule has 0 saturated carbocycles. The van der Waals surface area contributed by atoms with E-state index in [4.69, 9.17) is 19.5 Å². The standard InChI is InChI=1S/C21H20N2O5S/c1-26-16-9-7-15(18(13-16)27-2)8-10-21(25)28-14-20(24)23-17-5-3-4-6-19(17)29-12-11-22/h3-10,13H,12,14H2,1-2H3,(H,23,24)/b10-8+. The molecule has 0 atom stereocenters. The molecular formula is C21H20N2O5S. The lowest BCUT2D eigenvalue weighted by atomic mass is 10.2. The van der Waals surface area contributed by atoms with Crippen LogP contribution >= 0.6 is 11.8 Å². The molecule has 0 saturated heterocycles. The van der Waals surface area contributed by atoms with Crippen molar-refractivity contribution in [3.63, 3.8) is 0 Å². The summed E-state index contributed by atoms with van der Waals surface area (Å²) in [5.74, 6) is 0.301. The number of benzene rings is 2. The number of nitrogens with zero attached hydrogens (tertiary/aromatic N) is 1. The Bertz CT molecular complexity index is 937. The molecule has 0 unspecified atom stereocenters. The number of anilines is 1. The first-order valence-corrected chi connectivity index (χ1v) is 9.51. The first-order chi connectivity index (χ1) is 14.1. The average Bonchev–Trinajstić information content (AvgIpc) is 2.75. The Labute approximate surface area is 173 Å². The van der Waals surface area contributed by atoms with Gasteiger partial charge in [0.1, 0.15) is 11.5 Å². The van der Waals surface area contributed by atoms with Gasteiger partial charge in [0.2, 0.25) is 0 Å². The van der Waals surface area contributed by atoms with Crippen molar-refractivity contribution in [2.75, 3.05) is 31.9 Å². The number of carbonyl (C=O) groups is 2. The largest absolute Gasteiger partial charge is 0.497 e. The summed E-state index contributed by atoms with van der Waals surface area (Å²) in [5.41, 5.74) is 1.23. The third kappa shape index (κ3) is 6.90. The van der Waals surface area contributed by atoms with Gasteiger partial charge < -0.3 is 19.5 Å². The quantitative estimate of drug-likeness (QED) is 0.382. The summed E-state index contributed by atoms with van der Waals surface area (Å²) in [4.78, 5) is 24.7. The molecule has 0 heterocycles. The van der Waals surface area contributed by atoms with Crippen LogP contribution in [0.2, 0.25) is 0 Å². The Hall–Kier alpha value is -3.44. The molecule has 2 aromatic carbocycles. The fraction of sp³-hybridized carbons (Fsp3) is 0.190. The van der Waals surface area contributed by atoms with Crippen molar-refractivity contribution >= 4 is 35.4 Å². The number of nitrogens with one attached hydrogen (secondary N) is 1. The molecule has 0 bridgehead atoms. The third-order valence-corrected chi connectivity index (χ3v) is 4.58. The smallest absolute Gasteiger partial charge is 0.331 e. The Kier molecular flexibility index (Phi) is 8.60. The molecular weight excluding hydrogens is 392 g/mol. The Morgan fingerprint density at radius 2 is 1.97 bits per heavy atom. The highest BCUT2D eigenvalue weighted by atomic mass is 32.2. The van der Waals surface area contributed by atoms with Crippen LogP contribution in [0.15, 0.2) is 53.4 Å². The van der Waals surface area contributed by atoms with E-state index in [1.807, 2.05) is 12.1 Å². The van der Waals surface area contributed by atoms with Crippen LogP contribution in [-0.2, 0) is 14.3 Å². The minimum Gasteiger partial charge on any atom is -0.497 e. The van der Waals surface area contributed by atoms with Gasteiger partial charge in [0.25, 0.3) is 5.91 Å². The molecule has 29 heavy (non-hydrogen) atoms. The molecule has 2 rings (SSSR count). The van der Waals surface area contributed by atoms with Crippen LogP contribution in [0, 0.1) is 11.3 Å². The van der Waals surface area contributed by atoms with E-state index in [2.05, 4.69) is 5.32 Å². The number of carbonyl (C=O) groups excluding carboxylic acids is 2. The normalized spacial score (nSPS) is 10.2. The van der Waals surface area contributed by atoms with Crippen molar-refractivity contribution < 1.29 is 23.8 Å². The van der Waals surface area contributed by atoms with Crippen LogP contribution < -0.4 is 14.8 Å². The number of para-hydroxylation sites is 1. The van der Waals surface area contributed by atoms with Crippen molar-refractivity contribution in [1.82, 2.24) is 0 Å². The van der Waals surface area contributed by atoms with Gasteiger partial charge in [0, 0.05) is 22.6 Å². The maximum Gasteiger partial charge on any atom is 0.331 e. The van der Waals surface area contributed by atoms with E-state index < -0.39 is 18.5 Å². The SMILES string of the molecule is COc1ccc(/C=C/C(=O)OCC(=O)Nc2ccccc2SCC#N)c(OC)c1. The number of ether oxygens (including phenoxy) is 3. The monoisotopic (exact) mass is 412 g/mol. The first-order valence-electron chi connectivity index (χ1n) is 8.53. The molecule has 2 aromatic rings. The van der Waals surface area contributed by atoms with Gasteiger partial charge in [-0.25, -0.2) is 4.79 Å². The second-order valence-electron chi connectivity index (χ2n) is 5.54. The van der Waals surface area contributed by atoms with Crippen molar-refractivity contribution in [2.24, 2.45) is 0 Å². The second-order valence-corrected chi connectivity index (χ2v) is 6.56. The minimum atomic E-state index is -0.662. The molecule has 150 valence electrons. The number of hydrogen-bond acceptors (Lipinski definition) is 7. The van der Waals surface area contributed by atoms with E-state index in [-0.39, 0.29) is 5.75 Å². The Morgan fingerprint density at radius 1 is 1.17 bits per heavy atom. The molecule has 0 aromatic heterocycles. The minimum absolute atomic E-state index is 0.265. The predicted molar refractivity (Wildman–Crippen MR) is 111 cm³/mol. The van der Waals surface area contributed by atoms with Gasteiger partial charge in [-0.15, -0.1) is 11.8 Å². The van der Waals surface area contributed by atoms with Gasteiger partial charge in [0.15, 0.2) is 6.61 Å². The van der Waals surface area contributed by atoms with Gasteiger partial charge in [0.05, 0.1) is 31.7 Å². The topological polar surface area (TPSA) is 97.6 Å². The lowest BCUT2D eigenvalue weighted by Gasteiger charge is -2.09. The number of esters is 1. The molecule has 0 radical (unpaired) electrons. The van der Waals surface area contributed by atoms with Gasteiger partial charge in [-0.05, 0) is 30.3 Å². The average molecular weight is 412 g/mol. The number of methoxy groups -OCH3 is 2. The zero-order valence-electron chi connectivity index (χ0n) is 16.0. The Balaban J connectivity index is 1.90. The van der Waals surface area contributed by atoms with E-state index in [0.29, 0.717) is 22.7 Å². The Morgan fingerprint density at radius 3 is 2.69 bits per heavy atom. The van der Waals surface area contributed by atoms with Crippen molar-refractivity contribution in [3.8, 4) is 17.6 Å². The summed E-state index contributed by atoms with van der Waals surface area (Å²) in [7, 11) is 3.06. The van der Waals surface area contributed by atoms with Crippen molar-refractivity contribution in [3.05, 3.63) is 54.1 Å². The molecule has 0 aliphatic rings. The van der Waals surface area contributed by atoms with E-state index in [0.717, 1.165) is 4.90 Å². The van der Waals surface area contributed by atoms with Crippen LogP contribution in [0.5, 0.6) is 11.5 Å². The zero-order chi connectivity index (χ0) is 21.1. The van der Waals surface area contributed by atoms with Crippen molar-refractivity contribution in [1.29, 1.82) is 5.26 Å². The zero-order valence-corrected chi connectivity index (χ0v) is 16.8. The van der Waals surface area contributed by atoms with Crippen LogP contribution in [0.4, 0.5) is 5.69 Å². The predicted octanol–water partition coefficient (Wildman–Crippen LogP) is 3.51. The number of thioether (sulfide) groups is 1. The van der Waals surface area contributed by atoms with Crippen LogP contribution in [0.25, 0.3) is 6.08 Å². The fourth-order valence-electron chi connectivity index (χ4n) is 2.29. The molecule has 0 aliphatic carbocycles. The summed E-state index contributed by atoms with van der Waals surface area (Å²) < 4.78 is 15.4. The summed E-state index contributed by atoms with van der Waals surface area (Å²) in [5, 5.41) is 11.4. The molecule has 8 heteroatoms. The van der Waals surface area contributed by atoms with Gasteiger partial charge in [-0.1, -0.05) is 12.1 Å². The van der Waals surface area contributed by atoms with E-state index in [1.165, 1.54) is 31.0 Å². The van der Waals surface area contributed by atoms with Crippen molar-refractivity contribution in [2.45, 2.75) is 4.90 Å². The van der Waals surface area contributed by atoms with Crippen LogP contribution in [0.3, 0.4) is 0 Å². The number of hydrogen-bond donors (Lipinski definition) is 1. The third-order valence-electron chi connectivity index (χ3n) is 3.64. The first kappa shape index (κ1) is 21.9. The van der Waals surface area contributed by atoms with Crippen LogP contribution in [0.1, 0.15) is 5.56 Å². The lowest BCUT2D eigenvalue weighted by molar-refractivity contribution is -0.142. The van der Waals surface area contributed by atoms with Gasteiger partial charge >= 0.3 is 5.97 Å². The maximum absolute atomic E-state index is 12.1. The van der Waals surface area contributed by atoms with Gasteiger partial charge in [-0.2, -0.15) is 5.26 Å². The molecule has 1 N–H and O–H groups in total. The van der Waals surface area contributed by atoms with Crippen LogP contribution in [-0.4, -0.2) is 38.5 Å². The van der Waals surface area contributed by atoms with E-state index in [1.54, 1.807) is 43.5 Å². The number of rotatable bonds is 9. The highest BCUT2D eigenvalue weighted by molar-refractivity contribution is 7.99. The molecule has 0 fully saturated rings. The molecule has 7 nitrogen and oxygen atoms in total. The summed E-state index contributed by atoms with van der Waals surface area (Å²) in [6.07, 6.45) is 2.75. The summed E-state index contributed by atoms with van der Waals surface area (Å²) >= 11 is 1.31. The molecule has 0 spiro atoms. The number of amides is 1. The van der Waals surface area contributed by atoms with E-state index >= 15 is 0 Å². The highest BCUT2D eigenvalue weighted by Gasteiger charge is 2.09. The summed E-state index contributed by atoms with van der Waals surface area (Å²) in [6, 6.07) is 14.3. The maximum atomic E-state index is 12.1. The fourth-order valence-corrected chi connectivity index (χ4v) is 2.96. The lowest BCUT2D eigenvalue weighted by Crippen LogP contribution is -2.20. The van der Waals surface area contributed by atoms with E-state index in [9.17, 15) is 9.59 Å². The number of nitriles is 1. The molecule has 0 aliphatic heterocycles. The highest BCUT2D eigenvalue weighted by Crippen LogP contribution is 2.27.